The summed E-state index contributed by atoms with van der Waals surface area (Å²) in [5.41, 5.74) is 2.44. The highest BCUT2D eigenvalue weighted by Crippen LogP contribution is 2.26. The van der Waals surface area contributed by atoms with E-state index in [4.69, 9.17) is 16.3 Å². The van der Waals surface area contributed by atoms with Gasteiger partial charge >= 0.3 is 5.97 Å². The van der Waals surface area contributed by atoms with Crippen molar-refractivity contribution in [1.29, 1.82) is 0 Å². The van der Waals surface area contributed by atoms with Crippen LogP contribution in [0.5, 0.6) is 0 Å². The molecule has 0 saturated carbocycles. The van der Waals surface area contributed by atoms with Crippen molar-refractivity contribution < 1.29 is 14.3 Å². The third kappa shape index (κ3) is 3.07. The first-order chi connectivity index (χ1) is 12.6. The van der Waals surface area contributed by atoms with Crippen LogP contribution in [-0.2, 0) is 16.0 Å². The van der Waals surface area contributed by atoms with Crippen molar-refractivity contribution in [3.63, 3.8) is 0 Å². The van der Waals surface area contributed by atoms with Gasteiger partial charge in [0.15, 0.2) is 6.10 Å². The third-order valence-corrected chi connectivity index (χ3v) is 4.39. The van der Waals surface area contributed by atoms with Crippen molar-refractivity contribution in [2.45, 2.75) is 12.5 Å². The minimum absolute atomic E-state index is 0.325. The van der Waals surface area contributed by atoms with E-state index < -0.39 is 18.0 Å². The lowest BCUT2D eigenvalue weighted by molar-refractivity contribution is -0.125. The number of ether oxygens (including phenoxy) is 1. The van der Waals surface area contributed by atoms with Crippen LogP contribution in [0.15, 0.2) is 60.9 Å². The maximum atomic E-state index is 12.7. The van der Waals surface area contributed by atoms with Crippen molar-refractivity contribution in [2.24, 2.45) is 0 Å². The molecule has 0 spiro atoms. The predicted octanol–water partition coefficient (Wildman–Crippen LogP) is 3.25. The Labute approximate surface area is 154 Å². The van der Waals surface area contributed by atoms with Crippen molar-refractivity contribution in [2.75, 3.05) is 5.32 Å². The van der Waals surface area contributed by atoms with Crippen LogP contribution in [0.1, 0.15) is 15.9 Å². The van der Waals surface area contributed by atoms with Gasteiger partial charge in [0, 0.05) is 23.8 Å². The Hall–Kier alpha value is -3.12. The second kappa shape index (κ2) is 6.65. The van der Waals surface area contributed by atoms with E-state index in [9.17, 15) is 9.59 Å². The summed E-state index contributed by atoms with van der Waals surface area (Å²) in [6.07, 6.45) is 2.82. The van der Waals surface area contributed by atoms with Crippen molar-refractivity contribution in [3.05, 3.63) is 77.1 Å². The Morgan fingerprint density at radius 2 is 2.08 bits per heavy atom. The summed E-state index contributed by atoms with van der Waals surface area (Å²) in [6, 6.07) is 14.0. The monoisotopic (exact) mass is 367 g/mol. The van der Waals surface area contributed by atoms with E-state index in [0.717, 1.165) is 5.56 Å². The smallest absolute Gasteiger partial charge is 0.339 e. The molecule has 1 aliphatic rings. The second-order valence-electron chi connectivity index (χ2n) is 5.86. The number of carbonyl (C=O) groups is 2. The molecule has 0 bridgehead atoms. The number of anilines is 1. The highest BCUT2D eigenvalue weighted by atomic mass is 35.5. The van der Waals surface area contributed by atoms with Gasteiger partial charge in [-0.3, -0.25) is 4.79 Å². The predicted molar refractivity (Wildman–Crippen MR) is 96.6 cm³/mol. The lowest BCUT2D eigenvalue weighted by atomic mass is 9.98. The number of amides is 1. The number of aromatic nitrogens is 2. The number of nitrogens with one attached hydrogen (secondary N) is 1. The third-order valence-electron chi connectivity index (χ3n) is 4.15. The van der Waals surface area contributed by atoms with Crippen LogP contribution in [0.2, 0.25) is 5.02 Å². The molecule has 0 fully saturated rings. The Morgan fingerprint density at radius 3 is 2.88 bits per heavy atom. The number of halogens is 1. The minimum Gasteiger partial charge on any atom is -0.448 e. The van der Waals surface area contributed by atoms with Gasteiger partial charge in [0.1, 0.15) is 0 Å². The molecule has 6 nitrogen and oxygen atoms in total. The van der Waals surface area contributed by atoms with E-state index >= 15 is 0 Å². The van der Waals surface area contributed by atoms with Gasteiger partial charge in [-0.2, -0.15) is 5.10 Å². The molecule has 1 atom stereocenters. The highest BCUT2D eigenvalue weighted by molar-refractivity contribution is 6.31. The molecule has 4 rings (SSSR count). The average molecular weight is 368 g/mol. The zero-order chi connectivity index (χ0) is 18.1. The molecule has 3 aromatic rings. The number of esters is 1. The lowest BCUT2D eigenvalue weighted by Crippen LogP contribution is -2.38. The topological polar surface area (TPSA) is 73.2 Å². The van der Waals surface area contributed by atoms with Crippen molar-refractivity contribution in [3.8, 4) is 5.69 Å². The number of hydrogen-bond donors (Lipinski definition) is 1. The van der Waals surface area contributed by atoms with Gasteiger partial charge in [-0.05, 0) is 35.9 Å². The molecular formula is C19H14ClN3O3. The largest absolute Gasteiger partial charge is 0.448 e. The Morgan fingerprint density at radius 1 is 1.23 bits per heavy atom. The summed E-state index contributed by atoms with van der Waals surface area (Å²) in [6.45, 7) is 0. The molecule has 1 N–H and O–H groups in total. The highest BCUT2D eigenvalue weighted by Gasteiger charge is 2.31. The van der Waals surface area contributed by atoms with Crippen LogP contribution in [0.4, 0.5) is 5.69 Å². The van der Waals surface area contributed by atoms with E-state index in [2.05, 4.69) is 10.4 Å². The van der Waals surface area contributed by atoms with Crippen molar-refractivity contribution in [1.82, 2.24) is 9.78 Å². The number of carbonyl (C=O) groups excluding carboxylic acids is 2. The standard InChI is InChI=1S/C19H14ClN3O3/c20-13-6-7-16(23-9-3-8-21-23)15(11-13)22-18(24)17-10-12-4-1-2-5-14(12)19(25)26-17/h1-9,11,17H,10H2,(H,22,24). The maximum Gasteiger partial charge on any atom is 0.339 e. The van der Waals surface area contributed by atoms with E-state index in [1.807, 2.05) is 12.1 Å². The summed E-state index contributed by atoms with van der Waals surface area (Å²) < 4.78 is 6.92. The number of cyclic esters (lactones) is 1. The fraction of sp³-hybridized carbons (Fsp3) is 0.105. The molecule has 1 aromatic heterocycles. The SMILES string of the molecule is O=C1OC(C(=O)Nc2cc(Cl)ccc2-n2cccn2)Cc2ccccc21. The first-order valence-corrected chi connectivity index (χ1v) is 8.39. The van der Waals surface area contributed by atoms with E-state index in [1.165, 1.54) is 0 Å². The van der Waals surface area contributed by atoms with Gasteiger partial charge in [0.25, 0.3) is 5.91 Å². The number of hydrogen-bond acceptors (Lipinski definition) is 4. The zero-order valence-electron chi connectivity index (χ0n) is 13.6. The number of fused-ring (bicyclic) bond motifs is 1. The number of nitrogens with zero attached hydrogens (tertiary/aromatic N) is 2. The molecule has 7 heteroatoms. The van der Waals surface area contributed by atoms with E-state index in [1.54, 1.807) is 53.5 Å². The summed E-state index contributed by atoms with van der Waals surface area (Å²) in [4.78, 5) is 24.8. The van der Waals surface area contributed by atoms with Gasteiger partial charge < -0.3 is 10.1 Å². The summed E-state index contributed by atoms with van der Waals surface area (Å²) in [5, 5.41) is 7.45. The summed E-state index contributed by atoms with van der Waals surface area (Å²) in [5.74, 6) is -0.908. The van der Waals surface area contributed by atoms with Crippen LogP contribution in [0.3, 0.4) is 0 Å². The van der Waals surface area contributed by atoms with Crippen molar-refractivity contribution >= 4 is 29.2 Å². The Kier molecular flexibility index (Phi) is 4.18. The molecule has 1 amide bonds. The van der Waals surface area contributed by atoms with Crippen LogP contribution >= 0.6 is 11.6 Å². The molecular weight excluding hydrogens is 354 g/mol. The molecule has 130 valence electrons. The molecule has 0 saturated heterocycles. The van der Waals surface area contributed by atoms with Crippen LogP contribution in [-0.4, -0.2) is 27.8 Å². The van der Waals surface area contributed by atoms with Gasteiger partial charge in [-0.1, -0.05) is 29.8 Å². The van der Waals surface area contributed by atoms with Gasteiger partial charge in [-0.25, -0.2) is 9.48 Å². The molecule has 1 unspecified atom stereocenters. The normalized spacial score (nSPS) is 15.9. The van der Waals surface area contributed by atoms with Crippen LogP contribution in [0.25, 0.3) is 5.69 Å². The van der Waals surface area contributed by atoms with E-state index in [0.29, 0.717) is 28.4 Å². The van der Waals surface area contributed by atoms with Gasteiger partial charge in [0.2, 0.25) is 0 Å². The molecule has 2 heterocycles. The quantitative estimate of drug-likeness (QED) is 0.721. The zero-order valence-corrected chi connectivity index (χ0v) is 14.3. The van der Waals surface area contributed by atoms with Crippen LogP contribution in [0, 0.1) is 0 Å². The maximum absolute atomic E-state index is 12.7. The lowest BCUT2D eigenvalue weighted by Gasteiger charge is -2.24. The van der Waals surface area contributed by atoms with Gasteiger partial charge in [-0.15, -0.1) is 0 Å². The summed E-state index contributed by atoms with van der Waals surface area (Å²) in [7, 11) is 0. The molecule has 2 aromatic carbocycles. The molecule has 0 radical (unpaired) electrons. The second-order valence-corrected chi connectivity index (χ2v) is 6.29. The number of rotatable bonds is 3. The Balaban J connectivity index is 1.60. The molecule has 26 heavy (non-hydrogen) atoms. The fourth-order valence-corrected chi connectivity index (χ4v) is 3.08. The van der Waals surface area contributed by atoms with Crippen LogP contribution < -0.4 is 5.32 Å². The van der Waals surface area contributed by atoms with Gasteiger partial charge in [0.05, 0.1) is 16.9 Å². The first kappa shape index (κ1) is 16.4. The molecule has 1 aliphatic heterocycles. The Bertz CT molecular complexity index is 985. The summed E-state index contributed by atoms with van der Waals surface area (Å²) >= 11 is 6.07. The average Bonchev–Trinajstić information content (AvgIpc) is 3.16. The molecule has 0 aliphatic carbocycles. The number of benzene rings is 2. The van der Waals surface area contributed by atoms with E-state index in [-0.39, 0.29) is 0 Å². The minimum atomic E-state index is -0.901. The first-order valence-electron chi connectivity index (χ1n) is 8.01. The fourth-order valence-electron chi connectivity index (χ4n) is 2.91.